The number of rotatable bonds is 10. The van der Waals surface area contributed by atoms with Crippen molar-refractivity contribution in [3.8, 4) is 0 Å². The van der Waals surface area contributed by atoms with Crippen LogP contribution >= 0.6 is 0 Å². The first-order chi connectivity index (χ1) is 16.0. The number of aryl methyl sites for hydroxylation is 1. The molecule has 8 nitrogen and oxygen atoms in total. The number of imide groups is 1. The Morgan fingerprint density at radius 1 is 1.12 bits per heavy atom. The van der Waals surface area contributed by atoms with Gasteiger partial charge >= 0.3 is 6.03 Å². The predicted molar refractivity (Wildman–Crippen MR) is 125 cm³/mol. The molecule has 1 aromatic rings. The van der Waals surface area contributed by atoms with Gasteiger partial charge in [0.2, 0.25) is 5.91 Å². The topological polar surface area (TPSA) is 82.2 Å². The van der Waals surface area contributed by atoms with Crippen LogP contribution in [0.25, 0.3) is 0 Å². The largest absolute Gasteiger partial charge is 0.379 e. The van der Waals surface area contributed by atoms with Crippen LogP contribution in [-0.4, -0.2) is 85.0 Å². The third kappa shape index (κ3) is 5.06. The molecule has 33 heavy (non-hydrogen) atoms. The second kappa shape index (κ2) is 10.7. The third-order valence-electron chi connectivity index (χ3n) is 7.14. The summed E-state index contributed by atoms with van der Waals surface area (Å²) < 4.78 is 5.42. The minimum absolute atomic E-state index is 0.161. The van der Waals surface area contributed by atoms with E-state index in [1.54, 1.807) is 0 Å². The van der Waals surface area contributed by atoms with Gasteiger partial charge in [0.1, 0.15) is 12.1 Å². The van der Waals surface area contributed by atoms with Gasteiger partial charge in [-0.1, -0.05) is 50.5 Å². The summed E-state index contributed by atoms with van der Waals surface area (Å²) in [6.45, 7) is 7.16. The van der Waals surface area contributed by atoms with Crippen LogP contribution < -0.4 is 5.32 Å². The first-order valence-electron chi connectivity index (χ1n) is 12.4. The summed E-state index contributed by atoms with van der Waals surface area (Å²) in [6.07, 6.45) is 5.56. The highest BCUT2D eigenvalue weighted by Crippen LogP contribution is 2.41. The summed E-state index contributed by atoms with van der Waals surface area (Å²) in [4.78, 5) is 44.8. The third-order valence-corrected chi connectivity index (χ3v) is 7.14. The van der Waals surface area contributed by atoms with Crippen LogP contribution in [0.5, 0.6) is 0 Å². The van der Waals surface area contributed by atoms with Gasteiger partial charge in [0.05, 0.1) is 13.2 Å². The number of benzene rings is 1. The molecule has 4 rings (SSSR count). The fourth-order valence-electron chi connectivity index (χ4n) is 5.15. The average molecular weight is 457 g/mol. The van der Waals surface area contributed by atoms with E-state index in [4.69, 9.17) is 4.74 Å². The Hall–Kier alpha value is -2.45. The fraction of sp³-hybridized carbons (Fsp3) is 0.640. The Morgan fingerprint density at radius 3 is 2.70 bits per heavy atom. The van der Waals surface area contributed by atoms with E-state index in [0.717, 1.165) is 81.0 Å². The molecule has 2 aliphatic heterocycles. The maximum Gasteiger partial charge on any atom is 0.325 e. The number of morpholine rings is 1. The highest BCUT2D eigenvalue weighted by Gasteiger charge is 2.55. The number of nitrogens with one attached hydrogen (secondary N) is 1. The van der Waals surface area contributed by atoms with Crippen molar-refractivity contribution in [1.82, 2.24) is 20.0 Å². The molecular formula is C25H36N4O4. The minimum atomic E-state index is -1.02. The standard InChI is InChI=1S/C25H36N4O4/c1-2-3-4-7-12-28(14-13-27-15-17-33-18-16-27)22(30)19-29-23(31)25(26-24(29)32)11-10-20-8-5-6-9-21(20)25/h5-6,8-9H,2-4,7,10-19H2,1H3,(H,26,32). The Labute approximate surface area is 196 Å². The smallest absolute Gasteiger partial charge is 0.325 e. The number of carbonyl (C=O) groups excluding carboxylic acids is 3. The van der Waals surface area contributed by atoms with Crippen LogP contribution in [0.15, 0.2) is 24.3 Å². The van der Waals surface area contributed by atoms with E-state index in [9.17, 15) is 14.4 Å². The Morgan fingerprint density at radius 2 is 1.91 bits per heavy atom. The van der Waals surface area contributed by atoms with Crippen LogP contribution in [0.1, 0.15) is 50.2 Å². The molecule has 8 heteroatoms. The van der Waals surface area contributed by atoms with Crippen molar-refractivity contribution in [1.29, 1.82) is 0 Å². The van der Waals surface area contributed by atoms with Crippen molar-refractivity contribution in [3.05, 3.63) is 35.4 Å². The lowest BCUT2D eigenvalue weighted by atomic mass is 9.92. The van der Waals surface area contributed by atoms with Gasteiger partial charge in [-0.2, -0.15) is 0 Å². The minimum Gasteiger partial charge on any atom is -0.379 e. The summed E-state index contributed by atoms with van der Waals surface area (Å²) in [6, 6.07) is 7.28. The van der Waals surface area contributed by atoms with Crippen molar-refractivity contribution >= 4 is 17.8 Å². The van der Waals surface area contributed by atoms with Crippen LogP contribution in [0, 0.1) is 0 Å². The predicted octanol–water partition coefficient (Wildman–Crippen LogP) is 2.12. The molecular weight excluding hydrogens is 420 g/mol. The summed E-state index contributed by atoms with van der Waals surface area (Å²) in [5.41, 5.74) is 0.928. The number of fused-ring (bicyclic) bond motifs is 2. The lowest BCUT2D eigenvalue weighted by molar-refractivity contribution is -0.139. The molecule has 0 bridgehead atoms. The highest BCUT2D eigenvalue weighted by molar-refractivity contribution is 6.09. The SMILES string of the molecule is CCCCCCN(CCN1CCOCC1)C(=O)CN1C(=O)NC2(CCc3ccccc32)C1=O. The van der Waals surface area contributed by atoms with E-state index < -0.39 is 11.6 Å². The number of carbonyl (C=O) groups is 3. The molecule has 2 saturated heterocycles. The molecule has 2 heterocycles. The normalized spacial score (nSPS) is 22.6. The van der Waals surface area contributed by atoms with Crippen molar-refractivity contribution in [2.75, 3.05) is 52.5 Å². The van der Waals surface area contributed by atoms with Gasteiger partial charge in [0, 0.05) is 32.7 Å². The van der Waals surface area contributed by atoms with E-state index in [2.05, 4.69) is 17.1 Å². The van der Waals surface area contributed by atoms with Crippen LogP contribution in [0.3, 0.4) is 0 Å². The van der Waals surface area contributed by atoms with Gasteiger partial charge in [-0.05, 0) is 30.4 Å². The lowest BCUT2D eigenvalue weighted by Crippen LogP contribution is -2.48. The number of hydrogen-bond acceptors (Lipinski definition) is 5. The Bertz CT molecular complexity index is 870. The molecule has 0 saturated carbocycles. The van der Waals surface area contributed by atoms with Crippen molar-refractivity contribution < 1.29 is 19.1 Å². The van der Waals surface area contributed by atoms with E-state index in [0.29, 0.717) is 19.5 Å². The highest BCUT2D eigenvalue weighted by atomic mass is 16.5. The summed E-state index contributed by atoms with van der Waals surface area (Å²) in [5, 5.41) is 2.92. The van der Waals surface area contributed by atoms with E-state index >= 15 is 0 Å². The second-order valence-corrected chi connectivity index (χ2v) is 9.28. The van der Waals surface area contributed by atoms with Crippen molar-refractivity contribution in [3.63, 3.8) is 0 Å². The van der Waals surface area contributed by atoms with Crippen molar-refractivity contribution in [2.24, 2.45) is 0 Å². The number of ether oxygens (including phenoxy) is 1. The number of nitrogens with zero attached hydrogens (tertiary/aromatic N) is 3. The molecule has 1 unspecified atom stereocenters. The summed E-state index contributed by atoms with van der Waals surface area (Å²) >= 11 is 0. The number of urea groups is 1. The Kier molecular flexibility index (Phi) is 7.65. The molecule has 180 valence electrons. The van der Waals surface area contributed by atoms with Crippen molar-refractivity contribution in [2.45, 2.75) is 51.0 Å². The van der Waals surface area contributed by atoms with Gasteiger partial charge in [-0.25, -0.2) is 4.79 Å². The van der Waals surface area contributed by atoms with Crippen LogP contribution in [-0.2, 0) is 26.3 Å². The number of unbranched alkanes of at least 4 members (excludes halogenated alkanes) is 3. The van der Waals surface area contributed by atoms with Crippen LogP contribution in [0.4, 0.5) is 4.79 Å². The molecule has 1 aromatic carbocycles. The molecule has 1 atom stereocenters. The van der Waals surface area contributed by atoms with Crippen LogP contribution in [0.2, 0.25) is 0 Å². The first kappa shape index (κ1) is 23.7. The molecule has 2 fully saturated rings. The van der Waals surface area contributed by atoms with Gasteiger partial charge in [0.15, 0.2) is 0 Å². The van der Waals surface area contributed by atoms with E-state index in [1.807, 2.05) is 29.2 Å². The average Bonchev–Trinajstić information content (AvgIpc) is 3.32. The zero-order valence-corrected chi connectivity index (χ0v) is 19.7. The van der Waals surface area contributed by atoms with Gasteiger partial charge < -0.3 is 15.0 Å². The summed E-state index contributed by atoms with van der Waals surface area (Å²) in [5.74, 6) is -0.462. The van der Waals surface area contributed by atoms with E-state index in [1.165, 1.54) is 0 Å². The zero-order chi connectivity index (χ0) is 23.3. The molecule has 0 radical (unpaired) electrons. The molecule has 0 aromatic heterocycles. The van der Waals surface area contributed by atoms with Gasteiger partial charge in [-0.15, -0.1) is 0 Å². The molecule has 1 N–H and O–H groups in total. The zero-order valence-electron chi connectivity index (χ0n) is 19.7. The molecule has 3 aliphatic rings. The quantitative estimate of drug-likeness (QED) is 0.431. The second-order valence-electron chi connectivity index (χ2n) is 9.28. The number of hydrogen-bond donors (Lipinski definition) is 1. The lowest BCUT2D eigenvalue weighted by Gasteiger charge is -2.31. The molecule has 1 spiro atoms. The van der Waals surface area contributed by atoms with E-state index in [-0.39, 0.29) is 18.4 Å². The monoisotopic (exact) mass is 456 g/mol. The molecule has 1 aliphatic carbocycles. The maximum atomic E-state index is 13.4. The molecule has 4 amide bonds. The summed E-state index contributed by atoms with van der Waals surface area (Å²) in [7, 11) is 0. The fourth-order valence-corrected chi connectivity index (χ4v) is 5.15. The van der Waals surface area contributed by atoms with Gasteiger partial charge in [-0.3, -0.25) is 19.4 Å². The first-order valence-corrected chi connectivity index (χ1v) is 12.4. The number of amides is 4. The van der Waals surface area contributed by atoms with Gasteiger partial charge in [0.25, 0.3) is 5.91 Å². The Balaban J connectivity index is 1.41. The maximum absolute atomic E-state index is 13.4.